The van der Waals surface area contributed by atoms with Crippen LogP contribution in [-0.4, -0.2) is 227 Å². The van der Waals surface area contributed by atoms with Crippen LogP contribution in [0.25, 0.3) is 0 Å². The van der Waals surface area contributed by atoms with Crippen molar-refractivity contribution in [3.05, 3.63) is 11.8 Å². The van der Waals surface area contributed by atoms with E-state index in [-0.39, 0.29) is 105 Å². The lowest BCUT2D eigenvalue weighted by Gasteiger charge is -1.98. The quantitative estimate of drug-likeness (QED) is 0.0401. The van der Waals surface area contributed by atoms with Crippen LogP contribution in [0, 0.1) is 0 Å². The predicted molar refractivity (Wildman–Crippen MR) is 225 cm³/mol. The first-order valence-electron chi connectivity index (χ1n) is 19.6. The van der Waals surface area contributed by atoms with Gasteiger partial charge < -0.3 is 102 Å². The van der Waals surface area contributed by atoms with Crippen LogP contribution in [-0.2, 0) is 4.74 Å². The van der Waals surface area contributed by atoms with Gasteiger partial charge in [0.25, 0.3) is 0 Å². The Morgan fingerprint density at radius 2 is 0.776 bits per heavy atom. The number of allylic oxidation sites excluding steroid dienone is 1. The molecule has 0 aliphatic heterocycles. The van der Waals surface area contributed by atoms with Gasteiger partial charge in [-0.1, -0.05) is 20.3 Å². The Hall–Kier alpha value is -1.22. The van der Waals surface area contributed by atoms with Crippen molar-refractivity contribution in [2.24, 2.45) is 0 Å². The number of rotatable bonds is 22. The van der Waals surface area contributed by atoms with Crippen molar-refractivity contribution in [3.8, 4) is 0 Å². The molecule has 0 aromatic carbocycles. The first kappa shape index (κ1) is 80.7. The molecule has 0 aromatic heterocycles. The standard InChI is InChI=1S/C8H16O.C5H12O2.C4H10O3.2C4H10O2.C3H8O3.C3H8O2.C3H8O.2C2H6O2/c1-3-5-6-8(4-2)7-9;6-4-2-1-3-5-7;5-1-3-7-4-2-6;1-4(6)2-3-5;5-3-1-2-4-6;4-1-3(6)2-5;1-3(5)2-4;1-3(2)4;2*3-1-2-4/h7,9H,3-6H2,1-2H3;6-7H,1-5H2;5-6H,1-4H2;4-6H,2-3H2,1H3;5-6H,1-4H2;3-6H,1-2H2;3-5H,2H2,1H3;3-4H,1-2H3;2*3-4H,1-2H2. The van der Waals surface area contributed by atoms with Crippen LogP contribution >= 0.6 is 0 Å². The van der Waals surface area contributed by atoms with E-state index in [1.165, 1.54) is 26.0 Å². The molecule has 0 fully saturated rings. The normalized spacial score (nSPS) is 10.6. The van der Waals surface area contributed by atoms with Gasteiger partial charge in [-0.15, -0.1) is 0 Å². The van der Waals surface area contributed by atoms with Crippen LogP contribution in [0.1, 0.15) is 106 Å². The summed E-state index contributed by atoms with van der Waals surface area (Å²) in [5, 5.41) is 152. The molecule has 0 rings (SSSR count). The molecule has 2 unspecified atom stereocenters. The molecule has 366 valence electrons. The van der Waals surface area contributed by atoms with Gasteiger partial charge in [0.05, 0.1) is 91.1 Å². The maximum Gasteiger partial charge on any atom is 0.100 e. The smallest absolute Gasteiger partial charge is 0.100 e. The van der Waals surface area contributed by atoms with Crippen LogP contribution in [0.4, 0.5) is 0 Å². The lowest BCUT2D eigenvalue weighted by molar-refractivity contribution is 0.0450. The molecule has 58 heavy (non-hydrogen) atoms. The van der Waals surface area contributed by atoms with E-state index in [4.69, 9.17) is 97.0 Å². The van der Waals surface area contributed by atoms with Gasteiger partial charge in [-0.05, 0) is 91.1 Å². The highest BCUT2D eigenvalue weighted by Gasteiger charge is 1.94. The highest BCUT2D eigenvalue weighted by Crippen LogP contribution is 2.09. The molecule has 19 N–H and O–H groups in total. The van der Waals surface area contributed by atoms with E-state index in [9.17, 15) is 0 Å². The first-order valence-corrected chi connectivity index (χ1v) is 19.6. The summed E-state index contributed by atoms with van der Waals surface area (Å²) in [4.78, 5) is 0. The number of ether oxygens (including phenoxy) is 1. The van der Waals surface area contributed by atoms with E-state index in [0.29, 0.717) is 19.6 Å². The lowest BCUT2D eigenvalue weighted by Crippen LogP contribution is -2.15. The summed E-state index contributed by atoms with van der Waals surface area (Å²) in [7, 11) is 0. The van der Waals surface area contributed by atoms with Crippen molar-refractivity contribution >= 4 is 0 Å². The molecule has 0 saturated heterocycles. The van der Waals surface area contributed by atoms with Crippen LogP contribution in [0.15, 0.2) is 11.8 Å². The zero-order chi connectivity index (χ0) is 47.7. The van der Waals surface area contributed by atoms with E-state index >= 15 is 0 Å². The topological polar surface area (TPSA) is 394 Å². The van der Waals surface area contributed by atoms with Gasteiger partial charge in [-0.3, -0.25) is 0 Å². The van der Waals surface area contributed by atoms with Crippen molar-refractivity contribution < 1.29 is 102 Å². The largest absolute Gasteiger partial charge is 0.516 e. The summed E-state index contributed by atoms with van der Waals surface area (Å²) in [5.74, 6) is 0. The van der Waals surface area contributed by atoms with E-state index in [2.05, 4.69) is 18.6 Å². The van der Waals surface area contributed by atoms with Crippen LogP contribution in [0.2, 0.25) is 0 Å². The van der Waals surface area contributed by atoms with E-state index in [1.54, 1.807) is 20.8 Å². The second-order valence-corrected chi connectivity index (χ2v) is 11.4. The van der Waals surface area contributed by atoms with E-state index in [0.717, 1.165) is 50.5 Å². The fourth-order valence-corrected chi connectivity index (χ4v) is 1.84. The Labute approximate surface area is 349 Å². The number of hydrogen-bond donors (Lipinski definition) is 19. The highest BCUT2D eigenvalue weighted by atomic mass is 16.5. The van der Waals surface area contributed by atoms with Gasteiger partial charge in [0.1, 0.15) is 6.10 Å². The van der Waals surface area contributed by atoms with Gasteiger partial charge in [-0.25, -0.2) is 0 Å². The second-order valence-electron chi connectivity index (χ2n) is 11.4. The zero-order valence-corrected chi connectivity index (χ0v) is 36.7. The Balaban J connectivity index is -0.0000000557. The van der Waals surface area contributed by atoms with Gasteiger partial charge in [0, 0.05) is 39.1 Å². The molecule has 2 atom stereocenters. The summed E-state index contributed by atoms with van der Waals surface area (Å²) >= 11 is 0. The third kappa shape index (κ3) is 191. The minimum Gasteiger partial charge on any atom is -0.516 e. The molecule has 0 spiro atoms. The highest BCUT2D eigenvalue weighted by molar-refractivity contribution is 4.95. The Kier molecular flexibility index (Phi) is 133. The first-order chi connectivity index (χ1) is 27.5. The van der Waals surface area contributed by atoms with Gasteiger partial charge in [0.15, 0.2) is 0 Å². The molecule has 0 aromatic rings. The van der Waals surface area contributed by atoms with E-state index < -0.39 is 12.2 Å². The SMILES string of the molecule is CC(C)O.CC(O)CCO.CC(O)CO.CCCCC(=CO)CC.OCC(O)CO.OCCCCCO.OCCCCO.OCCO.OCCO.OCCOCCO. The summed E-state index contributed by atoms with van der Waals surface area (Å²) in [5.41, 5.74) is 1.16. The fraction of sp³-hybridized carbons (Fsp3) is 0.947. The second kappa shape index (κ2) is 95.9. The van der Waals surface area contributed by atoms with Crippen LogP contribution < -0.4 is 0 Å². The van der Waals surface area contributed by atoms with Gasteiger partial charge in [0.2, 0.25) is 0 Å². The van der Waals surface area contributed by atoms with Crippen LogP contribution in [0.5, 0.6) is 0 Å². The minimum absolute atomic E-state index is 0.0278. The van der Waals surface area contributed by atoms with Gasteiger partial charge in [-0.2, -0.15) is 0 Å². The fourth-order valence-electron chi connectivity index (χ4n) is 1.84. The number of hydrogen-bond acceptors (Lipinski definition) is 20. The monoisotopic (exact) mass is 871 g/mol. The molecule has 0 radical (unpaired) electrons. The zero-order valence-electron chi connectivity index (χ0n) is 36.7. The summed E-state index contributed by atoms with van der Waals surface area (Å²) in [6.45, 7) is 11.1. The molecule has 0 saturated carbocycles. The van der Waals surface area contributed by atoms with Crippen molar-refractivity contribution in [1.29, 1.82) is 0 Å². The van der Waals surface area contributed by atoms with Gasteiger partial charge >= 0.3 is 0 Å². The lowest BCUT2D eigenvalue weighted by atomic mass is 10.1. The third-order valence-electron chi connectivity index (χ3n) is 4.77. The van der Waals surface area contributed by atoms with Crippen LogP contribution in [0.3, 0.4) is 0 Å². The Morgan fingerprint density at radius 1 is 0.448 bits per heavy atom. The molecule has 0 heterocycles. The molecule has 0 bridgehead atoms. The molecule has 0 aliphatic carbocycles. The summed E-state index contributed by atoms with van der Waals surface area (Å²) in [6, 6.07) is 0. The number of aliphatic hydroxyl groups is 19. The van der Waals surface area contributed by atoms with Crippen molar-refractivity contribution in [3.63, 3.8) is 0 Å². The maximum atomic E-state index is 8.59. The number of aliphatic hydroxyl groups excluding tert-OH is 19. The maximum absolute atomic E-state index is 8.59. The predicted octanol–water partition coefficient (Wildman–Crippen LogP) is -2.32. The average molecular weight is 871 g/mol. The summed E-state index contributed by atoms with van der Waals surface area (Å²) < 4.78 is 4.63. The Morgan fingerprint density at radius 3 is 0.914 bits per heavy atom. The van der Waals surface area contributed by atoms with Crippen molar-refractivity contribution in [2.45, 2.75) is 130 Å². The average Bonchev–Trinajstić information content (AvgIpc) is 3.21. The van der Waals surface area contributed by atoms with Crippen molar-refractivity contribution in [1.82, 2.24) is 0 Å². The minimum atomic E-state index is -0.954. The summed E-state index contributed by atoms with van der Waals surface area (Å²) in [6.07, 6.45) is 8.16. The molecule has 20 heteroatoms. The third-order valence-corrected chi connectivity index (χ3v) is 4.77. The molecular formula is C38H94O20. The molecular weight excluding hydrogens is 776 g/mol. The number of unbranched alkanes of at least 4 members (excludes halogenated alkanes) is 4. The van der Waals surface area contributed by atoms with Crippen molar-refractivity contribution in [2.75, 3.05) is 106 Å². The molecule has 20 nitrogen and oxygen atoms in total. The molecule has 0 aliphatic rings. The molecule has 0 amide bonds. The van der Waals surface area contributed by atoms with E-state index in [1.807, 2.05) is 0 Å². The Bertz CT molecular complexity index is 527.